The second-order valence-electron chi connectivity index (χ2n) is 6.07. The molecule has 0 aliphatic heterocycles. The molecule has 6 nitrogen and oxygen atoms in total. The number of aromatic nitrogens is 2. The smallest absolute Gasteiger partial charge is 0.270 e. The molecular weight excluding hydrogens is 376 g/mol. The van der Waals surface area contributed by atoms with Gasteiger partial charge in [-0.3, -0.25) is 4.79 Å². The van der Waals surface area contributed by atoms with Crippen LogP contribution in [0.5, 0.6) is 5.75 Å². The zero-order valence-electron chi connectivity index (χ0n) is 15.5. The highest BCUT2D eigenvalue weighted by Crippen LogP contribution is 2.17. The van der Waals surface area contributed by atoms with Crippen molar-refractivity contribution in [3.05, 3.63) is 82.6 Å². The summed E-state index contributed by atoms with van der Waals surface area (Å²) in [6.45, 7) is 0.983. The van der Waals surface area contributed by atoms with Gasteiger partial charge in [0.05, 0.1) is 7.11 Å². The third-order valence-corrected chi connectivity index (χ3v) is 4.34. The lowest BCUT2D eigenvalue weighted by Gasteiger charge is -2.10. The second kappa shape index (κ2) is 9.71. The Morgan fingerprint density at radius 1 is 1.14 bits per heavy atom. The fourth-order valence-electron chi connectivity index (χ4n) is 2.70. The summed E-state index contributed by atoms with van der Waals surface area (Å²) in [5.41, 5.74) is 2.31. The average Bonchev–Trinajstić information content (AvgIpc) is 2.72. The molecule has 1 heterocycles. The van der Waals surface area contributed by atoms with Gasteiger partial charge in [0.1, 0.15) is 11.4 Å². The van der Waals surface area contributed by atoms with Crippen molar-refractivity contribution in [1.82, 2.24) is 15.3 Å². The number of halogens is 1. The van der Waals surface area contributed by atoms with Crippen LogP contribution < -0.4 is 15.4 Å². The van der Waals surface area contributed by atoms with E-state index in [1.54, 1.807) is 19.4 Å². The van der Waals surface area contributed by atoms with Gasteiger partial charge in [-0.2, -0.15) is 0 Å². The van der Waals surface area contributed by atoms with E-state index in [0.717, 1.165) is 23.3 Å². The van der Waals surface area contributed by atoms with Crippen LogP contribution in [-0.4, -0.2) is 29.5 Å². The number of hydrogen-bond donors (Lipinski definition) is 2. The largest absolute Gasteiger partial charge is 0.496 e. The van der Waals surface area contributed by atoms with Gasteiger partial charge in [-0.15, -0.1) is 0 Å². The lowest BCUT2D eigenvalue weighted by molar-refractivity contribution is 0.0945. The third kappa shape index (κ3) is 5.44. The van der Waals surface area contributed by atoms with Crippen LogP contribution in [0.15, 0.2) is 60.8 Å². The van der Waals surface area contributed by atoms with Gasteiger partial charge in [0.15, 0.2) is 0 Å². The van der Waals surface area contributed by atoms with Crippen molar-refractivity contribution in [1.29, 1.82) is 0 Å². The summed E-state index contributed by atoms with van der Waals surface area (Å²) >= 11 is 5.99. The quantitative estimate of drug-likeness (QED) is 0.606. The molecule has 0 saturated heterocycles. The Morgan fingerprint density at radius 2 is 2.00 bits per heavy atom. The molecule has 0 fully saturated rings. The van der Waals surface area contributed by atoms with Crippen LogP contribution in [0, 0.1) is 0 Å². The van der Waals surface area contributed by atoms with E-state index in [9.17, 15) is 4.79 Å². The van der Waals surface area contributed by atoms with Crippen LogP contribution in [0.25, 0.3) is 0 Å². The Morgan fingerprint density at radius 3 is 2.82 bits per heavy atom. The molecule has 7 heteroatoms. The van der Waals surface area contributed by atoms with Gasteiger partial charge in [0, 0.05) is 29.9 Å². The first kappa shape index (κ1) is 19.6. The SMILES string of the molecule is COc1ccccc1CNC(=O)c1ccnc(NCCc2cccc(Cl)c2)n1. The Hall–Kier alpha value is -3.12. The summed E-state index contributed by atoms with van der Waals surface area (Å²) in [5, 5.41) is 6.70. The second-order valence-corrected chi connectivity index (χ2v) is 6.50. The average molecular weight is 397 g/mol. The number of carbonyl (C=O) groups excluding carboxylic acids is 1. The standard InChI is InChI=1S/C21H21ClN4O2/c1-28-19-8-3-2-6-16(19)14-25-20(27)18-10-12-24-21(26-18)23-11-9-15-5-4-7-17(22)13-15/h2-8,10,12-13H,9,11,14H2,1H3,(H,25,27)(H,23,24,26). The molecule has 28 heavy (non-hydrogen) atoms. The minimum absolute atomic E-state index is 0.272. The third-order valence-electron chi connectivity index (χ3n) is 4.11. The summed E-state index contributed by atoms with van der Waals surface area (Å²) in [4.78, 5) is 20.9. The van der Waals surface area contributed by atoms with Crippen LogP contribution in [-0.2, 0) is 13.0 Å². The summed E-state index contributed by atoms with van der Waals surface area (Å²) in [5.74, 6) is 0.868. The summed E-state index contributed by atoms with van der Waals surface area (Å²) in [6.07, 6.45) is 2.33. The first-order chi connectivity index (χ1) is 13.7. The highest BCUT2D eigenvalue weighted by atomic mass is 35.5. The van der Waals surface area contributed by atoms with Gasteiger partial charge >= 0.3 is 0 Å². The van der Waals surface area contributed by atoms with Gasteiger partial charge in [-0.1, -0.05) is 41.9 Å². The van der Waals surface area contributed by atoms with E-state index in [1.165, 1.54) is 0 Å². The van der Waals surface area contributed by atoms with Crippen molar-refractivity contribution in [2.75, 3.05) is 19.0 Å². The van der Waals surface area contributed by atoms with E-state index in [0.29, 0.717) is 29.8 Å². The van der Waals surface area contributed by atoms with Crippen LogP contribution in [0.3, 0.4) is 0 Å². The van der Waals surface area contributed by atoms with Gasteiger partial charge in [-0.25, -0.2) is 9.97 Å². The summed E-state index contributed by atoms with van der Waals surface area (Å²) < 4.78 is 5.30. The van der Waals surface area contributed by atoms with Crippen molar-refractivity contribution in [3.8, 4) is 5.75 Å². The number of amides is 1. The number of benzene rings is 2. The van der Waals surface area contributed by atoms with Gasteiger partial charge in [0.25, 0.3) is 5.91 Å². The Bertz CT molecular complexity index is 949. The molecule has 3 aromatic rings. The molecule has 1 aromatic heterocycles. The molecule has 0 spiro atoms. The van der Waals surface area contributed by atoms with Crippen molar-refractivity contribution >= 4 is 23.5 Å². The van der Waals surface area contributed by atoms with Crippen LogP contribution >= 0.6 is 11.6 Å². The molecule has 0 aliphatic carbocycles. The fraction of sp³-hybridized carbons (Fsp3) is 0.190. The molecule has 0 saturated carbocycles. The molecule has 0 atom stereocenters. The molecule has 3 rings (SSSR count). The predicted octanol–water partition coefficient (Wildman–Crippen LogP) is 3.72. The molecular formula is C21H21ClN4O2. The van der Waals surface area contributed by atoms with E-state index in [1.807, 2.05) is 48.5 Å². The summed E-state index contributed by atoms with van der Waals surface area (Å²) in [7, 11) is 1.60. The molecule has 2 N–H and O–H groups in total. The predicted molar refractivity (Wildman–Crippen MR) is 110 cm³/mol. The number of carbonyl (C=O) groups is 1. The number of nitrogens with one attached hydrogen (secondary N) is 2. The summed E-state index contributed by atoms with van der Waals surface area (Å²) in [6, 6.07) is 16.8. The highest BCUT2D eigenvalue weighted by Gasteiger charge is 2.10. The number of hydrogen-bond acceptors (Lipinski definition) is 5. The minimum atomic E-state index is -0.272. The Kier molecular flexibility index (Phi) is 6.81. The maximum atomic E-state index is 12.4. The molecule has 0 bridgehead atoms. The number of methoxy groups -OCH3 is 1. The molecule has 1 amide bonds. The maximum Gasteiger partial charge on any atom is 0.270 e. The first-order valence-electron chi connectivity index (χ1n) is 8.87. The topological polar surface area (TPSA) is 76.1 Å². The Labute approximate surface area is 168 Å². The lowest BCUT2D eigenvalue weighted by atomic mass is 10.1. The highest BCUT2D eigenvalue weighted by molar-refractivity contribution is 6.30. The number of nitrogens with zero attached hydrogens (tertiary/aromatic N) is 2. The fourth-order valence-corrected chi connectivity index (χ4v) is 2.91. The normalized spacial score (nSPS) is 10.4. The molecule has 144 valence electrons. The van der Waals surface area contributed by atoms with E-state index in [-0.39, 0.29) is 5.91 Å². The minimum Gasteiger partial charge on any atom is -0.496 e. The van der Waals surface area contributed by atoms with Gasteiger partial charge in [0.2, 0.25) is 5.95 Å². The van der Waals surface area contributed by atoms with Crippen molar-refractivity contribution in [2.24, 2.45) is 0 Å². The molecule has 0 aliphatic rings. The van der Waals surface area contributed by atoms with Gasteiger partial charge < -0.3 is 15.4 Å². The lowest BCUT2D eigenvalue weighted by Crippen LogP contribution is -2.24. The van der Waals surface area contributed by atoms with Gasteiger partial charge in [-0.05, 0) is 36.2 Å². The molecule has 0 unspecified atom stereocenters. The van der Waals surface area contributed by atoms with E-state index < -0.39 is 0 Å². The zero-order chi connectivity index (χ0) is 19.8. The van der Waals surface area contributed by atoms with E-state index in [2.05, 4.69) is 20.6 Å². The van der Waals surface area contributed by atoms with Crippen molar-refractivity contribution < 1.29 is 9.53 Å². The Balaban J connectivity index is 1.55. The first-order valence-corrected chi connectivity index (χ1v) is 9.25. The van der Waals surface area contributed by atoms with E-state index >= 15 is 0 Å². The zero-order valence-corrected chi connectivity index (χ0v) is 16.2. The maximum absolute atomic E-state index is 12.4. The number of ether oxygens (including phenoxy) is 1. The van der Waals surface area contributed by atoms with E-state index in [4.69, 9.17) is 16.3 Å². The van der Waals surface area contributed by atoms with Crippen molar-refractivity contribution in [2.45, 2.75) is 13.0 Å². The molecule has 2 aromatic carbocycles. The van der Waals surface area contributed by atoms with Crippen LogP contribution in [0.1, 0.15) is 21.6 Å². The number of anilines is 1. The molecule has 0 radical (unpaired) electrons. The van der Waals surface area contributed by atoms with Crippen molar-refractivity contribution in [3.63, 3.8) is 0 Å². The number of rotatable bonds is 8. The monoisotopic (exact) mass is 396 g/mol. The van der Waals surface area contributed by atoms with Crippen LogP contribution in [0.4, 0.5) is 5.95 Å². The van der Waals surface area contributed by atoms with Crippen LogP contribution in [0.2, 0.25) is 5.02 Å². The number of para-hydroxylation sites is 1.